The Hall–Kier alpha value is -1.96. The molecule has 2 aromatic rings. The largest absolute Gasteiger partial charge is 0.444 e. The molecule has 1 aromatic carbocycles. The minimum atomic E-state index is -0.408. The predicted octanol–water partition coefficient (Wildman–Crippen LogP) is 3.58. The first-order chi connectivity index (χ1) is 13.2. The third kappa shape index (κ3) is 5.77. The molecule has 1 aliphatic rings. The van der Waals surface area contributed by atoms with E-state index in [1.165, 1.54) is 5.56 Å². The second kappa shape index (κ2) is 8.59. The van der Waals surface area contributed by atoms with Crippen LogP contribution in [0.5, 0.6) is 0 Å². The van der Waals surface area contributed by atoms with E-state index in [0.29, 0.717) is 6.04 Å². The van der Waals surface area contributed by atoms with Gasteiger partial charge in [0, 0.05) is 43.0 Å². The van der Waals surface area contributed by atoms with E-state index < -0.39 is 6.09 Å². The molecule has 0 aliphatic carbocycles. The zero-order chi connectivity index (χ0) is 20.3. The van der Waals surface area contributed by atoms with Gasteiger partial charge in [0.05, 0.1) is 4.88 Å². The number of hydrogen-bond acceptors (Lipinski definition) is 6. The van der Waals surface area contributed by atoms with Crippen molar-refractivity contribution in [1.82, 2.24) is 20.1 Å². The number of nitrogens with one attached hydrogen (secondary N) is 1. The number of thiazole rings is 1. The monoisotopic (exact) mass is 402 g/mol. The van der Waals surface area contributed by atoms with Crippen LogP contribution in [0.3, 0.4) is 0 Å². The molecule has 3 rings (SSSR count). The topological polar surface area (TPSA) is 57.7 Å². The summed E-state index contributed by atoms with van der Waals surface area (Å²) in [5.74, 6) is 0. The van der Waals surface area contributed by atoms with Gasteiger partial charge in [0.1, 0.15) is 11.6 Å². The van der Waals surface area contributed by atoms with Gasteiger partial charge in [-0.1, -0.05) is 24.3 Å². The van der Waals surface area contributed by atoms with Crippen LogP contribution in [0.25, 0.3) is 10.6 Å². The molecular weight excluding hydrogens is 372 g/mol. The molecule has 1 aliphatic heterocycles. The Morgan fingerprint density at radius 3 is 2.57 bits per heavy atom. The zero-order valence-corrected chi connectivity index (χ0v) is 18.2. The van der Waals surface area contributed by atoms with Crippen molar-refractivity contribution in [2.45, 2.75) is 45.5 Å². The van der Waals surface area contributed by atoms with E-state index in [2.05, 4.69) is 58.5 Å². The molecule has 152 valence electrons. The van der Waals surface area contributed by atoms with Crippen LogP contribution in [0.4, 0.5) is 4.79 Å². The van der Waals surface area contributed by atoms with Gasteiger partial charge in [-0.05, 0) is 40.4 Å². The SMILES string of the molecule is CN(C)C1CN(Cc2ccc(-c3ncc(COC(=O)NC(C)(C)C)s3)cc2)C1. The highest BCUT2D eigenvalue weighted by molar-refractivity contribution is 7.15. The van der Waals surface area contributed by atoms with Crippen molar-refractivity contribution < 1.29 is 9.53 Å². The van der Waals surface area contributed by atoms with Crippen LogP contribution < -0.4 is 5.32 Å². The summed E-state index contributed by atoms with van der Waals surface area (Å²) in [6.07, 6.45) is 1.37. The number of aromatic nitrogens is 1. The first kappa shape index (κ1) is 20.8. The number of likely N-dealkylation sites (N-methyl/N-ethyl adjacent to an activating group) is 1. The van der Waals surface area contributed by atoms with Crippen LogP contribution in [-0.4, -0.2) is 59.6 Å². The van der Waals surface area contributed by atoms with E-state index in [1.807, 2.05) is 20.8 Å². The first-order valence-corrected chi connectivity index (χ1v) is 10.4. The quantitative estimate of drug-likeness (QED) is 0.800. The number of rotatable bonds is 6. The second-order valence-corrected chi connectivity index (χ2v) is 9.71. The van der Waals surface area contributed by atoms with E-state index in [9.17, 15) is 4.79 Å². The van der Waals surface area contributed by atoms with Crippen molar-refractivity contribution in [1.29, 1.82) is 0 Å². The smallest absolute Gasteiger partial charge is 0.407 e. The maximum atomic E-state index is 11.8. The number of likely N-dealkylation sites (tertiary alicyclic amines) is 1. The van der Waals surface area contributed by atoms with Crippen LogP contribution in [0.15, 0.2) is 30.5 Å². The average molecular weight is 403 g/mol. The lowest BCUT2D eigenvalue weighted by Crippen LogP contribution is -2.56. The van der Waals surface area contributed by atoms with Gasteiger partial charge in [-0.15, -0.1) is 11.3 Å². The highest BCUT2D eigenvalue weighted by Gasteiger charge is 2.27. The van der Waals surface area contributed by atoms with Crippen LogP contribution >= 0.6 is 11.3 Å². The van der Waals surface area contributed by atoms with Gasteiger partial charge in [-0.3, -0.25) is 4.90 Å². The summed E-state index contributed by atoms with van der Waals surface area (Å²) < 4.78 is 5.27. The number of carbonyl (C=O) groups excluding carboxylic acids is 1. The highest BCUT2D eigenvalue weighted by atomic mass is 32.1. The van der Waals surface area contributed by atoms with Crippen LogP contribution in [0, 0.1) is 0 Å². The Morgan fingerprint density at radius 1 is 1.29 bits per heavy atom. The van der Waals surface area contributed by atoms with E-state index >= 15 is 0 Å². The standard InChI is InChI=1S/C21H30N4O2S/c1-21(2,3)23-20(26)27-14-18-10-22-19(28-18)16-8-6-15(7-9-16)11-25-12-17(13-25)24(4)5/h6-10,17H,11-14H2,1-5H3,(H,23,26). The van der Waals surface area contributed by atoms with Gasteiger partial charge < -0.3 is 15.0 Å². The van der Waals surface area contributed by atoms with Gasteiger partial charge in [0.25, 0.3) is 0 Å². The van der Waals surface area contributed by atoms with Crippen molar-refractivity contribution in [3.05, 3.63) is 40.9 Å². The van der Waals surface area contributed by atoms with Gasteiger partial charge in [-0.2, -0.15) is 0 Å². The van der Waals surface area contributed by atoms with Gasteiger partial charge in [-0.25, -0.2) is 9.78 Å². The number of nitrogens with zero attached hydrogens (tertiary/aromatic N) is 3. The molecule has 0 saturated carbocycles. The number of amides is 1. The fraction of sp³-hybridized carbons (Fsp3) is 0.524. The Bertz CT molecular complexity index is 789. The number of benzene rings is 1. The van der Waals surface area contributed by atoms with E-state index in [4.69, 9.17) is 4.74 Å². The second-order valence-electron chi connectivity index (χ2n) is 8.59. The highest BCUT2D eigenvalue weighted by Crippen LogP contribution is 2.26. The summed E-state index contributed by atoms with van der Waals surface area (Å²) in [7, 11) is 4.28. The molecule has 0 bridgehead atoms. The van der Waals surface area contributed by atoms with E-state index in [1.54, 1.807) is 17.5 Å². The van der Waals surface area contributed by atoms with Crippen LogP contribution in [-0.2, 0) is 17.9 Å². The predicted molar refractivity (Wildman–Crippen MR) is 113 cm³/mol. The Morgan fingerprint density at radius 2 is 1.96 bits per heavy atom. The summed E-state index contributed by atoms with van der Waals surface area (Å²) in [5.41, 5.74) is 2.11. The third-order valence-electron chi connectivity index (χ3n) is 4.65. The molecule has 7 heteroatoms. The lowest BCUT2D eigenvalue weighted by atomic mass is 10.1. The number of hydrogen-bond donors (Lipinski definition) is 1. The van der Waals surface area contributed by atoms with Crippen LogP contribution in [0.1, 0.15) is 31.2 Å². The molecule has 2 heterocycles. The summed E-state index contributed by atoms with van der Waals surface area (Å²) in [6, 6.07) is 9.27. The van der Waals surface area contributed by atoms with E-state index in [-0.39, 0.29) is 12.1 Å². The minimum Gasteiger partial charge on any atom is -0.444 e. The average Bonchev–Trinajstić information content (AvgIpc) is 3.03. The zero-order valence-electron chi connectivity index (χ0n) is 17.4. The van der Waals surface area contributed by atoms with Gasteiger partial charge in [0.2, 0.25) is 0 Å². The van der Waals surface area contributed by atoms with Crippen molar-refractivity contribution in [3.63, 3.8) is 0 Å². The molecule has 0 spiro atoms. The summed E-state index contributed by atoms with van der Waals surface area (Å²) in [6.45, 7) is 9.26. The molecule has 0 unspecified atom stereocenters. The Kier molecular flexibility index (Phi) is 6.37. The molecule has 0 atom stereocenters. The van der Waals surface area contributed by atoms with Crippen LogP contribution in [0.2, 0.25) is 0 Å². The minimum absolute atomic E-state index is 0.236. The van der Waals surface area contributed by atoms with Crippen molar-refractivity contribution in [2.75, 3.05) is 27.2 Å². The van der Waals surface area contributed by atoms with E-state index in [0.717, 1.165) is 35.1 Å². The molecule has 0 radical (unpaired) electrons. The molecule has 1 saturated heterocycles. The summed E-state index contributed by atoms with van der Waals surface area (Å²) in [4.78, 5) is 21.9. The Labute approximate surface area is 171 Å². The van der Waals surface area contributed by atoms with Crippen molar-refractivity contribution in [3.8, 4) is 10.6 Å². The molecule has 1 amide bonds. The fourth-order valence-electron chi connectivity index (χ4n) is 3.00. The molecule has 6 nitrogen and oxygen atoms in total. The maximum Gasteiger partial charge on any atom is 0.407 e. The number of ether oxygens (including phenoxy) is 1. The summed E-state index contributed by atoms with van der Waals surface area (Å²) >= 11 is 1.55. The number of carbonyl (C=O) groups is 1. The fourth-order valence-corrected chi connectivity index (χ4v) is 3.83. The van der Waals surface area contributed by atoms with Crippen molar-refractivity contribution in [2.24, 2.45) is 0 Å². The molecule has 1 fully saturated rings. The molecular formula is C21H30N4O2S. The molecule has 1 N–H and O–H groups in total. The first-order valence-electron chi connectivity index (χ1n) is 9.57. The lowest BCUT2D eigenvalue weighted by molar-refractivity contribution is 0.0574. The van der Waals surface area contributed by atoms with Crippen molar-refractivity contribution >= 4 is 17.4 Å². The third-order valence-corrected chi connectivity index (χ3v) is 5.67. The Balaban J connectivity index is 1.50. The lowest BCUT2D eigenvalue weighted by Gasteiger charge is -2.42. The molecule has 28 heavy (non-hydrogen) atoms. The van der Waals surface area contributed by atoms with Gasteiger partial charge >= 0.3 is 6.09 Å². The maximum absolute atomic E-state index is 11.8. The summed E-state index contributed by atoms with van der Waals surface area (Å²) in [5, 5.41) is 3.73. The number of alkyl carbamates (subject to hydrolysis) is 1. The normalized spacial score (nSPS) is 15.5. The molecule has 1 aromatic heterocycles. The van der Waals surface area contributed by atoms with Gasteiger partial charge in [0.15, 0.2) is 0 Å².